The van der Waals surface area contributed by atoms with E-state index in [1.54, 1.807) is 6.92 Å². The monoisotopic (exact) mass is 220 g/mol. The fourth-order valence-electron chi connectivity index (χ4n) is 0.936. The largest absolute Gasteiger partial charge is 0.461 e. The minimum atomic E-state index is -0.588. The van der Waals surface area contributed by atoms with Gasteiger partial charge in [0.25, 0.3) is 0 Å². The third kappa shape index (κ3) is 2.45. The molecule has 0 saturated carbocycles. The molecule has 1 aromatic heterocycles. The number of nitrogens with zero attached hydrogens (tertiary/aromatic N) is 2. The van der Waals surface area contributed by atoms with Crippen LogP contribution in [0.1, 0.15) is 17.4 Å². The number of rotatable bonds is 4. The van der Waals surface area contributed by atoms with Crippen molar-refractivity contribution in [3.8, 4) is 0 Å². The van der Waals surface area contributed by atoms with Crippen LogP contribution in [-0.4, -0.2) is 29.0 Å². The van der Waals surface area contributed by atoms with Crippen molar-refractivity contribution in [1.29, 1.82) is 0 Å². The van der Waals surface area contributed by atoms with Gasteiger partial charge in [-0.05, 0) is 6.92 Å². The third-order valence-electron chi connectivity index (χ3n) is 1.50. The van der Waals surface area contributed by atoms with Crippen molar-refractivity contribution in [2.24, 2.45) is 0 Å². The molecule has 0 atom stereocenters. The van der Waals surface area contributed by atoms with Gasteiger partial charge >= 0.3 is 5.97 Å². The third-order valence-corrected chi connectivity index (χ3v) is 1.78. The summed E-state index contributed by atoms with van der Waals surface area (Å²) in [6.07, 6.45) is 1.40. The molecule has 0 saturated heterocycles. The van der Waals surface area contributed by atoms with E-state index in [1.165, 1.54) is 10.9 Å². The highest BCUT2D eigenvalue weighted by Gasteiger charge is 2.16. The lowest BCUT2D eigenvalue weighted by molar-refractivity contribution is 0.0518. The molecule has 0 unspecified atom stereocenters. The Kier molecular flexibility index (Phi) is 3.88. The lowest BCUT2D eigenvalue weighted by Gasteiger charge is -1.97. The van der Waals surface area contributed by atoms with E-state index in [2.05, 4.69) is 5.10 Å². The topological polar surface area (TPSA) is 44.1 Å². The number of carbonyl (C=O) groups is 1. The highest BCUT2D eigenvalue weighted by atomic mass is 35.5. The first-order chi connectivity index (χ1) is 6.69. The molecule has 1 heterocycles. The zero-order valence-corrected chi connectivity index (χ0v) is 8.42. The van der Waals surface area contributed by atoms with Crippen molar-refractivity contribution in [3.63, 3.8) is 0 Å². The van der Waals surface area contributed by atoms with Gasteiger partial charge in [-0.15, -0.1) is 0 Å². The number of alkyl halides is 1. The van der Waals surface area contributed by atoms with E-state index >= 15 is 0 Å². The Morgan fingerprint density at radius 2 is 2.50 bits per heavy atom. The van der Waals surface area contributed by atoms with Crippen LogP contribution in [0.3, 0.4) is 0 Å². The fourth-order valence-corrected chi connectivity index (χ4v) is 1.16. The zero-order valence-electron chi connectivity index (χ0n) is 7.67. The maximum Gasteiger partial charge on any atom is 0.360 e. The smallest absolute Gasteiger partial charge is 0.360 e. The normalized spacial score (nSPS) is 10.2. The van der Waals surface area contributed by atoms with Gasteiger partial charge in [0.1, 0.15) is 6.67 Å². The average Bonchev–Trinajstić information content (AvgIpc) is 2.48. The molecule has 14 heavy (non-hydrogen) atoms. The first-order valence-electron chi connectivity index (χ1n) is 4.15. The molecule has 0 aliphatic heterocycles. The SMILES string of the molecule is CCOC(=O)c1nn(CCF)cc1Cl. The number of aryl methyl sites for hydroxylation is 1. The van der Waals surface area contributed by atoms with E-state index in [0.717, 1.165) is 0 Å². The van der Waals surface area contributed by atoms with E-state index in [9.17, 15) is 9.18 Å². The van der Waals surface area contributed by atoms with Gasteiger partial charge in [0.2, 0.25) is 0 Å². The molecular weight excluding hydrogens is 211 g/mol. The van der Waals surface area contributed by atoms with Crippen LogP contribution in [0.4, 0.5) is 4.39 Å². The Morgan fingerprint density at radius 3 is 3.07 bits per heavy atom. The Balaban J connectivity index is 2.81. The molecule has 0 aromatic carbocycles. The zero-order chi connectivity index (χ0) is 10.6. The van der Waals surface area contributed by atoms with Crippen molar-refractivity contribution in [1.82, 2.24) is 9.78 Å². The highest BCUT2D eigenvalue weighted by Crippen LogP contribution is 2.14. The number of esters is 1. The molecule has 0 aliphatic carbocycles. The second kappa shape index (κ2) is 4.95. The van der Waals surface area contributed by atoms with Crippen LogP contribution in [0, 0.1) is 0 Å². The Hall–Kier alpha value is -1.10. The Labute approximate surface area is 85.6 Å². The standard InChI is InChI=1S/C8H10ClFN2O2/c1-2-14-8(13)7-6(9)5-12(11-7)4-3-10/h5H,2-4H2,1H3. The molecule has 1 rings (SSSR count). The van der Waals surface area contributed by atoms with Crippen molar-refractivity contribution >= 4 is 17.6 Å². The quantitative estimate of drug-likeness (QED) is 0.726. The van der Waals surface area contributed by atoms with Gasteiger partial charge in [-0.25, -0.2) is 9.18 Å². The molecule has 0 amide bonds. The summed E-state index contributed by atoms with van der Waals surface area (Å²) in [5.74, 6) is -0.588. The summed E-state index contributed by atoms with van der Waals surface area (Å²) in [5.41, 5.74) is 0.0296. The maximum atomic E-state index is 11.9. The first kappa shape index (κ1) is 11.0. The summed E-state index contributed by atoms with van der Waals surface area (Å²) < 4.78 is 17.9. The van der Waals surface area contributed by atoms with Crippen molar-refractivity contribution in [2.75, 3.05) is 13.3 Å². The van der Waals surface area contributed by atoms with Gasteiger partial charge in [0, 0.05) is 6.20 Å². The fraction of sp³-hybridized carbons (Fsp3) is 0.500. The van der Waals surface area contributed by atoms with E-state index in [0.29, 0.717) is 0 Å². The van der Waals surface area contributed by atoms with Crippen LogP contribution in [0.25, 0.3) is 0 Å². The van der Waals surface area contributed by atoms with Crippen molar-refractivity contribution in [2.45, 2.75) is 13.5 Å². The summed E-state index contributed by atoms with van der Waals surface area (Å²) in [7, 11) is 0. The molecule has 0 fully saturated rings. The van der Waals surface area contributed by atoms with E-state index in [1.807, 2.05) is 0 Å². The summed E-state index contributed by atoms with van der Waals surface area (Å²) in [6, 6.07) is 0. The molecule has 0 spiro atoms. The number of aromatic nitrogens is 2. The number of hydrogen-bond acceptors (Lipinski definition) is 3. The molecule has 6 heteroatoms. The predicted octanol–water partition coefficient (Wildman–Crippen LogP) is 1.68. The van der Waals surface area contributed by atoms with Gasteiger partial charge in [-0.3, -0.25) is 4.68 Å². The van der Waals surface area contributed by atoms with Gasteiger partial charge in [-0.1, -0.05) is 11.6 Å². The van der Waals surface area contributed by atoms with E-state index < -0.39 is 12.6 Å². The minimum Gasteiger partial charge on any atom is -0.461 e. The second-order valence-electron chi connectivity index (χ2n) is 2.50. The maximum absolute atomic E-state index is 11.9. The van der Waals surface area contributed by atoms with Crippen LogP contribution >= 0.6 is 11.6 Å². The molecule has 78 valence electrons. The summed E-state index contributed by atoms with van der Waals surface area (Å²) in [5, 5.41) is 3.97. The lowest BCUT2D eigenvalue weighted by atomic mass is 10.4. The Bertz CT molecular complexity index is 327. The predicted molar refractivity (Wildman–Crippen MR) is 49.2 cm³/mol. The first-order valence-corrected chi connectivity index (χ1v) is 4.52. The average molecular weight is 221 g/mol. The molecular formula is C8H10ClFN2O2. The molecule has 0 radical (unpaired) electrons. The van der Waals surface area contributed by atoms with Gasteiger partial charge in [-0.2, -0.15) is 5.10 Å². The van der Waals surface area contributed by atoms with E-state index in [-0.39, 0.29) is 23.9 Å². The van der Waals surface area contributed by atoms with Crippen molar-refractivity contribution in [3.05, 3.63) is 16.9 Å². The summed E-state index contributed by atoms with van der Waals surface area (Å²) in [6.45, 7) is 1.47. The molecule has 0 aliphatic rings. The van der Waals surface area contributed by atoms with Gasteiger partial charge in [0.15, 0.2) is 5.69 Å². The van der Waals surface area contributed by atoms with Crippen LogP contribution in [0.2, 0.25) is 5.02 Å². The summed E-state index contributed by atoms with van der Waals surface area (Å²) >= 11 is 5.70. The van der Waals surface area contributed by atoms with Gasteiger partial charge < -0.3 is 4.74 Å². The minimum absolute atomic E-state index is 0.0296. The van der Waals surface area contributed by atoms with Crippen LogP contribution < -0.4 is 0 Å². The number of halogens is 2. The van der Waals surface area contributed by atoms with Crippen LogP contribution in [0.5, 0.6) is 0 Å². The Morgan fingerprint density at radius 1 is 1.79 bits per heavy atom. The molecule has 0 bridgehead atoms. The number of hydrogen-bond donors (Lipinski definition) is 0. The molecule has 4 nitrogen and oxygen atoms in total. The lowest BCUT2D eigenvalue weighted by Crippen LogP contribution is -2.08. The summed E-state index contributed by atoms with van der Waals surface area (Å²) in [4.78, 5) is 11.2. The second-order valence-corrected chi connectivity index (χ2v) is 2.91. The number of carbonyl (C=O) groups excluding carboxylic acids is 1. The van der Waals surface area contributed by atoms with Crippen molar-refractivity contribution < 1.29 is 13.9 Å². The van der Waals surface area contributed by atoms with Crippen LogP contribution in [-0.2, 0) is 11.3 Å². The molecule has 0 N–H and O–H groups in total. The highest BCUT2D eigenvalue weighted by molar-refractivity contribution is 6.33. The van der Waals surface area contributed by atoms with E-state index in [4.69, 9.17) is 16.3 Å². The molecule has 1 aromatic rings. The van der Waals surface area contributed by atoms with Gasteiger partial charge in [0.05, 0.1) is 18.2 Å². The van der Waals surface area contributed by atoms with Crippen LogP contribution in [0.15, 0.2) is 6.20 Å². The number of ether oxygens (including phenoxy) is 1.